The summed E-state index contributed by atoms with van der Waals surface area (Å²) in [5, 5.41) is 13.2. The molecule has 0 radical (unpaired) electrons. The molecular weight excluding hydrogens is 202 g/mol. The summed E-state index contributed by atoms with van der Waals surface area (Å²) in [6.45, 7) is 0. The minimum atomic E-state index is 0.660. The first kappa shape index (κ1) is 9.08. The van der Waals surface area contributed by atoms with E-state index in [0.29, 0.717) is 5.82 Å². The van der Waals surface area contributed by atoms with E-state index in [4.69, 9.17) is 0 Å². The van der Waals surface area contributed by atoms with Crippen molar-refractivity contribution in [1.82, 2.24) is 24.8 Å². The van der Waals surface area contributed by atoms with Gasteiger partial charge in [-0.1, -0.05) is 0 Å². The largest absolute Gasteiger partial charge is 0.351 e. The quantitative estimate of drug-likeness (QED) is 0.613. The molecule has 2 aromatic heterocycles. The zero-order valence-corrected chi connectivity index (χ0v) is 9.12. The highest BCUT2D eigenvalue weighted by Crippen LogP contribution is 2.21. The SMILES string of the molecule is Cn1nnc(-c2ccc3c(ccn3C)c2)n1. The predicted octanol–water partition coefficient (Wildman–Crippen LogP) is 1.37. The second kappa shape index (κ2) is 3.16. The number of rotatable bonds is 1. The summed E-state index contributed by atoms with van der Waals surface area (Å²) in [6.07, 6.45) is 2.04. The number of hydrogen-bond acceptors (Lipinski definition) is 3. The minimum Gasteiger partial charge on any atom is -0.351 e. The Morgan fingerprint density at radius 1 is 1.12 bits per heavy atom. The van der Waals surface area contributed by atoms with E-state index in [1.807, 2.05) is 19.3 Å². The van der Waals surface area contributed by atoms with E-state index in [1.54, 1.807) is 7.05 Å². The zero-order valence-electron chi connectivity index (χ0n) is 9.12. The maximum absolute atomic E-state index is 4.18. The topological polar surface area (TPSA) is 48.5 Å². The molecule has 0 amide bonds. The Bertz CT molecular complexity index is 649. The van der Waals surface area contributed by atoms with Crippen LogP contribution in [0, 0.1) is 0 Å². The molecule has 0 aliphatic carbocycles. The molecule has 0 saturated heterocycles. The Morgan fingerprint density at radius 2 is 2.00 bits per heavy atom. The van der Waals surface area contributed by atoms with E-state index in [1.165, 1.54) is 15.7 Å². The lowest BCUT2D eigenvalue weighted by Crippen LogP contribution is -1.91. The fourth-order valence-electron chi connectivity index (χ4n) is 1.82. The predicted molar refractivity (Wildman–Crippen MR) is 60.7 cm³/mol. The number of hydrogen-bond donors (Lipinski definition) is 0. The third kappa shape index (κ3) is 1.29. The molecule has 2 heterocycles. The first-order valence-electron chi connectivity index (χ1n) is 5.03. The Kier molecular flexibility index (Phi) is 1.80. The molecule has 1 aromatic carbocycles. The molecule has 0 fully saturated rings. The van der Waals surface area contributed by atoms with Gasteiger partial charge in [0.2, 0.25) is 5.82 Å². The van der Waals surface area contributed by atoms with Gasteiger partial charge in [-0.15, -0.1) is 10.2 Å². The van der Waals surface area contributed by atoms with Crippen LogP contribution in [-0.2, 0) is 14.1 Å². The summed E-state index contributed by atoms with van der Waals surface area (Å²) >= 11 is 0. The highest BCUT2D eigenvalue weighted by atomic mass is 15.6. The fourth-order valence-corrected chi connectivity index (χ4v) is 1.82. The summed E-state index contributed by atoms with van der Waals surface area (Å²) in [5.41, 5.74) is 2.19. The van der Waals surface area contributed by atoms with Crippen molar-refractivity contribution in [2.24, 2.45) is 14.1 Å². The molecule has 16 heavy (non-hydrogen) atoms. The van der Waals surface area contributed by atoms with Crippen molar-refractivity contribution in [1.29, 1.82) is 0 Å². The third-order valence-electron chi connectivity index (χ3n) is 2.65. The van der Waals surface area contributed by atoms with Crippen LogP contribution in [0.15, 0.2) is 30.5 Å². The minimum absolute atomic E-state index is 0.660. The summed E-state index contributed by atoms with van der Waals surface area (Å²) in [4.78, 5) is 1.46. The van der Waals surface area contributed by atoms with Crippen LogP contribution in [0.2, 0.25) is 0 Å². The van der Waals surface area contributed by atoms with Crippen LogP contribution < -0.4 is 0 Å². The first-order valence-corrected chi connectivity index (χ1v) is 5.03. The summed E-state index contributed by atoms with van der Waals surface area (Å²) in [5.74, 6) is 0.660. The summed E-state index contributed by atoms with van der Waals surface area (Å²) in [7, 11) is 3.79. The van der Waals surface area contributed by atoms with Crippen LogP contribution >= 0.6 is 0 Å². The molecule has 0 saturated carbocycles. The van der Waals surface area contributed by atoms with E-state index in [-0.39, 0.29) is 0 Å². The van der Waals surface area contributed by atoms with Crippen molar-refractivity contribution in [3.8, 4) is 11.4 Å². The number of tetrazole rings is 1. The van der Waals surface area contributed by atoms with Crippen molar-refractivity contribution >= 4 is 10.9 Å². The first-order chi connectivity index (χ1) is 7.74. The van der Waals surface area contributed by atoms with Crippen LogP contribution in [0.1, 0.15) is 0 Å². The lowest BCUT2D eigenvalue weighted by atomic mass is 10.1. The van der Waals surface area contributed by atoms with Gasteiger partial charge in [-0.2, -0.15) is 4.80 Å². The molecule has 0 N–H and O–H groups in total. The molecule has 3 aromatic rings. The average Bonchev–Trinajstić information content (AvgIpc) is 2.86. The van der Waals surface area contributed by atoms with E-state index >= 15 is 0 Å². The Hall–Kier alpha value is -2.17. The molecule has 0 aliphatic rings. The van der Waals surface area contributed by atoms with Gasteiger partial charge in [0.15, 0.2) is 0 Å². The van der Waals surface area contributed by atoms with Crippen LogP contribution in [0.25, 0.3) is 22.3 Å². The van der Waals surface area contributed by atoms with Crippen LogP contribution in [0.4, 0.5) is 0 Å². The molecule has 0 unspecified atom stereocenters. The molecule has 80 valence electrons. The Balaban J connectivity index is 2.18. The van der Waals surface area contributed by atoms with Gasteiger partial charge >= 0.3 is 0 Å². The van der Waals surface area contributed by atoms with Crippen molar-refractivity contribution in [3.05, 3.63) is 30.5 Å². The van der Waals surface area contributed by atoms with Gasteiger partial charge < -0.3 is 4.57 Å². The van der Waals surface area contributed by atoms with Gasteiger partial charge in [0.1, 0.15) is 0 Å². The third-order valence-corrected chi connectivity index (χ3v) is 2.65. The molecule has 0 spiro atoms. The summed E-state index contributed by atoms with van der Waals surface area (Å²) < 4.78 is 2.09. The van der Waals surface area contributed by atoms with Gasteiger partial charge in [-0.25, -0.2) is 0 Å². The van der Waals surface area contributed by atoms with Gasteiger partial charge in [0, 0.05) is 29.7 Å². The van der Waals surface area contributed by atoms with E-state index in [2.05, 4.69) is 38.2 Å². The standard InChI is InChI=1S/C11H11N5/c1-15-6-5-8-7-9(3-4-10(8)15)11-12-14-16(2)13-11/h3-7H,1-2H3. The maximum atomic E-state index is 4.18. The monoisotopic (exact) mass is 213 g/mol. The van der Waals surface area contributed by atoms with E-state index in [9.17, 15) is 0 Å². The van der Waals surface area contributed by atoms with Crippen LogP contribution in [-0.4, -0.2) is 24.8 Å². The number of aryl methyl sites for hydroxylation is 2. The number of benzene rings is 1. The molecule has 5 heteroatoms. The smallest absolute Gasteiger partial charge is 0.204 e. The van der Waals surface area contributed by atoms with Crippen molar-refractivity contribution in [2.45, 2.75) is 0 Å². The fraction of sp³-hybridized carbons (Fsp3) is 0.182. The number of aromatic nitrogens is 5. The number of nitrogens with zero attached hydrogens (tertiary/aromatic N) is 5. The Labute approximate surface area is 92.3 Å². The van der Waals surface area contributed by atoms with Crippen LogP contribution in [0.3, 0.4) is 0 Å². The summed E-state index contributed by atoms with van der Waals surface area (Å²) in [6, 6.07) is 8.24. The van der Waals surface area contributed by atoms with Crippen molar-refractivity contribution in [2.75, 3.05) is 0 Å². The second-order valence-electron chi connectivity index (χ2n) is 3.80. The van der Waals surface area contributed by atoms with Gasteiger partial charge in [-0.05, 0) is 29.5 Å². The molecule has 0 bridgehead atoms. The highest BCUT2D eigenvalue weighted by molar-refractivity contribution is 5.84. The van der Waals surface area contributed by atoms with Gasteiger partial charge in [0.25, 0.3) is 0 Å². The van der Waals surface area contributed by atoms with Gasteiger partial charge in [-0.3, -0.25) is 0 Å². The molecule has 5 nitrogen and oxygen atoms in total. The van der Waals surface area contributed by atoms with Gasteiger partial charge in [0.05, 0.1) is 7.05 Å². The molecular formula is C11H11N5. The molecule has 0 aliphatic heterocycles. The second-order valence-corrected chi connectivity index (χ2v) is 3.80. The molecule has 3 rings (SSSR count). The normalized spacial score (nSPS) is 11.1. The van der Waals surface area contributed by atoms with Crippen molar-refractivity contribution in [3.63, 3.8) is 0 Å². The van der Waals surface area contributed by atoms with Crippen LogP contribution in [0.5, 0.6) is 0 Å². The number of fused-ring (bicyclic) bond motifs is 1. The lowest BCUT2D eigenvalue weighted by Gasteiger charge is -1.97. The lowest BCUT2D eigenvalue weighted by molar-refractivity contribution is 0.630. The zero-order chi connectivity index (χ0) is 11.1. The van der Waals surface area contributed by atoms with E-state index < -0.39 is 0 Å². The van der Waals surface area contributed by atoms with E-state index in [0.717, 1.165) is 5.56 Å². The molecule has 0 atom stereocenters. The highest BCUT2D eigenvalue weighted by Gasteiger charge is 2.06. The maximum Gasteiger partial charge on any atom is 0.204 e. The Morgan fingerprint density at radius 3 is 2.75 bits per heavy atom. The average molecular weight is 213 g/mol. The van der Waals surface area contributed by atoms with Crippen molar-refractivity contribution < 1.29 is 0 Å².